The third kappa shape index (κ3) is 8.26. The molecule has 0 unspecified atom stereocenters. The average Bonchev–Trinajstić information content (AvgIpc) is 2.66. The van der Waals surface area contributed by atoms with Crippen LogP contribution in [-0.4, -0.2) is 68.6 Å². The van der Waals surface area contributed by atoms with Crippen LogP contribution in [0.15, 0.2) is 24.3 Å². The van der Waals surface area contributed by atoms with E-state index >= 15 is 0 Å². The first-order valence-corrected chi connectivity index (χ1v) is 9.57. The number of nitrogens with zero attached hydrogens (tertiary/aromatic N) is 2. The van der Waals surface area contributed by atoms with Crippen LogP contribution in [0.25, 0.3) is 0 Å². The Balaban J connectivity index is 0.00000338. The molecule has 1 aromatic rings. The lowest BCUT2D eigenvalue weighted by Gasteiger charge is -2.32. The Labute approximate surface area is 176 Å². The van der Waals surface area contributed by atoms with Crippen LogP contribution in [0.4, 0.5) is 0 Å². The fourth-order valence-electron chi connectivity index (χ4n) is 3.34. The van der Waals surface area contributed by atoms with Crippen molar-refractivity contribution >= 4 is 30.7 Å². The van der Waals surface area contributed by atoms with E-state index in [0.717, 1.165) is 63.4 Å². The van der Waals surface area contributed by atoms with Crippen LogP contribution in [0.1, 0.15) is 37.0 Å². The van der Waals surface area contributed by atoms with E-state index in [1.165, 1.54) is 0 Å². The number of hydrogen-bond acceptors (Lipinski definition) is 4. The van der Waals surface area contributed by atoms with Crippen LogP contribution in [0.3, 0.4) is 0 Å². The van der Waals surface area contributed by atoms with Gasteiger partial charge in [0.25, 0.3) is 5.91 Å². The van der Waals surface area contributed by atoms with Crippen molar-refractivity contribution in [3.8, 4) is 5.75 Å². The van der Waals surface area contributed by atoms with Crippen molar-refractivity contribution in [1.29, 1.82) is 0 Å². The minimum Gasteiger partial charge on any atom is -0.492 e. The summed E-state index contributed by atoms with van der Waals surface area (Å²) in [7, 11) is 1.99. The fraction of sp³-hybridized carbons (Fsp3) is 0.650. The number of halogens is 2. The summed E-state index contributed by atoms with van der Waals surface area (Å²) >= 11 is 0. The summed E-state index contributed by atoms with van der Waals surface area (Å²) in [5, 5.41) is 3.23. The normalized spacial score (nSPS) is 14.4. The van der Waals surface area contributed by atoms with E-state index in [9.17, 15) is 4.79 Å². The third-order valence-electron chi connectivity index (χ3n) is 5.07. The molecule has 0 aliphatic carbocycles. The van der Waals surface area contributed by atoms with Gasteiger partial charge < -0.3 is 19.9 Å². The van der Waals surface area contributed by atoms with Crippen molar-refractivity contribution in [1.82, 2.24) is 15.1 Å². The molecule has 7 heteroatoms. The second kappa shape index (κ2) is 14.1. The first-order chi connectivity index (χ1) is 12.2. The van der Waals surface area contributed by atoms with Gasteiger partial charge in [-0.1, -0.05) is 13.8 Å². The molecule has 1 fully saturated rings. The van der Waals surface area contributed by atoms with Crippen molar-refractivity contribution < 1.29 is 9.53 Å². The van der Waals surface area contributed by atoms with Crippen molar-refractivity contribution in [3.63, 3.8) is 0 Å². The molecule has 1 amide bonds. The Morgan fingerprint density at radius 1 is 1.15 bits per heavy atom. The van der Waals surface area contributed by atoms with Crippen LogP contribution in [-0.2, 0) is 0 Å². The van der Waals surface area contributed by atoms with E-state index in [4.69, 9.17) is 4.74 Å². The minimum absolute atomic E-state index is 0. The third-order valence-corrected chi connectivity index (χ3v) is 5.07. The van der Waals surface area contributed by atoms with Gasteiger partial charge in [-0.2, -0.15) is 0 Å². The van der Waals surface area contributed by atoms with Gasteiger partial charge in [-0.3, -0.25) is 4.79 Å². The summed E-state index contributed by atoms with van der Waals surface area (Å²) < 4.78 is 5.79. The summed E-state index contributed by atoms with van der Waals surface area (Å²) in [6, 6.07) is 7.58. The number of rotatable bonds is 9. The fourth-order valence-corrected chi connectivity index (χ4v) is 3.34. The summed E-state index contributed by atoms with van der Waals surface area (Å²) in [5.41, 5.74) is 0.753. The molecule has 27 heavy (non-hydrogen) atoms. The molecule has 5 nitrogen and oxygen atoms in total. The Morgan fingerprint density at radius 3 is 2.26 bits per heavy atom. The standard InChI is InChI=1S/C20H33N3O2.2ClH/c1-4-22(5-2)14-15-25-19-8-6-18(7-9-19)20(24)23-12-10-17(11-13-23)16-21-3;;/h6-9,17,21H,4-5,10-16H2,1-3H3;2*1H. The number of carbonyl (C=O) groups is 1. The minimum atomic E-state index is 0. The zero-order chi connectivity index (χ0) is 18.1. The monoisotopic (exact) mass is 419 g/mol. The summed E-state index contributed by atoms with van der Waals surface area (Å²) in [6.07, 6.45) is 2.16. The molecule has 1 aliphatic heterocycles. The van der Waals surface area contributed by atoms with Gasteiger partial charge in [0.05, 0.1) is 0 Å². The number of hydrogen-bond donors (Lipinski definition) is 1. The quantitative estimate of drug-likeness (QED) is 0.666. The molecule has 1 N–H and O–H groups in total. The Kier molecular flexibility index (Phi) is 13.5. The van der Waals surface area contributed by atoms with Crippen LogP contribution < -0.4 is 10.1 Å². The lowest BCUT2D eigenvalue weighted by Crippen LogP contribution is -2.40. The number of piperidine rings is 1. The predicted molar refractivity (Wildman–Crippen MR) is 117 cm³/mol. The number of amides is 1. The zero-order valence-corrected chi connectivity index (χ0v) is 18.4. The molecule has 1 saturated heterocycles. The van der Waals surface area contributed by atoms with E-state index in [0.29, 0.717) is 12.5 Å². The molecule has 0 spiro atoms. The number of ether oxygens (including phenoxy) is 1. The number of likely N-dealkylation sites (N-methyl/N-ethyl adjacent to an activating group) is 1. The Bertz CT molecular complexity index is 516. The maximum Gasteiger partial charge on any atom is 0.253 e. The van der Waals surface area contributed by atoms with Crippen molar-refractivity contribution in [2.75, 3.05) is 52.9 Å². The maximum atomic E-state index is 12.6. The second-order valence-corrected chi connectivity index (χ2v) is 6.69. The first-order valence-electron chi connectivity index (χ1n) is 9.57. The van der Waals surface area contributed by atoms with E-state index in [2.05, 4.69) is 24.1 Å². The molecule has 156 valence electrons. The summed E-state index contributed by atoms with van der Waals surface area (Å²) in [6.45, 7) is 10.7. The largest absolute Gasteiger partial charge is 0.492 e. The highest BCUT2D eigenvalue weighted by atomic mass is 35.5. The number of benzene rings is 1. The SMILES string of the molecule is CCN(CC)CCOc1ccc(C(=O)N2CCC(CNC)CC2)cc1.Cl.Cl. The van der Waals surface area contributed by atoms with Crippen molar-refractivity contribution in [3.05, 3.63) is 29.8 Å². The van der Waals surface area contributed by atoms with Gasteiger partial charge >= 0.3 is 0 Å². The van der Waals surface area contributed by atoms with Gasteiger partial charge in [-0.05, 0) is 69.7 Å². The molecule has 2 rings (SSSR count). The predicted octanol–water partition coefficient (Wildman–Crippen LogP) is 3.32. The van der Waals surface area contributed by atoms with Gasteiger partial charge in [0.1, 0.15) is 12.4 Å². The highest BCUT2D eigenvalue weighted by Gasteiger charge is 2.23. The second-order valence-electron chi connectivity index (χ2n) is 6.69. The molecule has 0 aromatic heterocycles. The molecule has 0 radical (unpaired) electrons. The lowest BCUT2D eigenvalue weighted by molar-refractivity contribution is 0.0691. The molecule has 1 aromatic carbocycles. The molecule has 0 atom stereocenters. The van der Waals surface area contributed by atoms with Gasteiger partial charge in [-0.15, -0.1) is 24.8 Å². The van der Waals surface area contributed by atoms with Crippen LogP contribution in [0.2, 0.25) is 0 Å². The number of likely N-dealkylation sites (tertiary alicyclic amines) is 1. The zero-order valence-electron chi connectivity index (χ0n) is 16.8. The number of carbonyl (C=O) groups excluding carboxylic acids is 1. The molecule has 0 bridgehead atoms. The van der Waals surface area contributed by atoms with E-state index < -0.39 is 0 Å². The van der Waals surface area contributed by atoms with Gasteiger partial charge in [0.2, 0.25) is 0 Å². The van der Waals surface area contributed by atoms with Gasteiger partial charge in [0, 0.05) is 25.2 Å². The Morgan fingerprint density at radius 2 is 1.74 bits per heavy atom. The van der Waals surface area contributed by atoms with Crippen molar-refractivity contribution in [2.45, 2.75) is 26.7 Å². The van der Waals surface area contributed by atoms with E-state index in [-0.39, 0.29) is 30.7 Å². The maximum absolute atomic E-state index is 12.6. The molecular formula is C20H35Cl2N3O2. The summed E-state index contributed by atoms with van der Waals surface area (Å²) in [5.74, 6) is 1.66. The highest BCUT2D eigenvalue weighted by molar-refractivity contribution is 5.94. The van der Waals surface area contributed by atoms with E-state index in [1.807, 2.05) is 36.2 Å². The van der Waals surface area contributed by atoms with Crippen molar-refractivity contribution in [2.24, 2.45) is 5.92 Å². The topological polar surface area (TPSA) is 44.8 Å². The molecule has 1 heterocycles. The van der Waals surface area contributed by atoms with Gasteiger partial charge in [-0.25, -0.2) is 0 Å². The van der Waals surface area contributed by atoms with Crippen LogP contribution >= 0.6 is 24.8 Å². The average molecular weight is 420 g/mol. The van der Waals surface area contributed by atoms with Gasteiger partial charge in [0.15, 0.2) is 0 Å². The van der Waals surface area contributed by atoms with Crippen LogP contribution in [0.5, 0.6) is 5.75 Å². The van der Waals surface area contributed by atoms with Crippen LogP contribution in [0, 0.1) is 5.92 Å². The number of nitrogens with one attached hydrogen (secondary N) is 1. The first kappa shape index (κ1) is 26.0. The molecule has 1 aliphatic rings. The molecule has 0 saturated carbocycles. The summed E-state index contributed by atoms with van der Waals surface area (Å²) in [4.78, 5) is 16.9. The smallest absolute Gasteiger partial charge is 0.253 e. The lowest BCUT2D eigenvalue weighted by atomic mass is 9.96. The molecular weight excluding hydrogens is 385 g/mol. The van der Waals surface area contributed by atoms with E-state index in [1.54, 1.807) is 0 Å². The Hall–Kier alpha value is -1.01. The highest BCUT2D eigenvalue weighted by Crippen LogP contribution is 2.20.